The van der Waals surface area contributed by atoms with Crippen molar-refractivity contribution in [1.82, 2.24) is 14.9 Å². The molecule has 196 valence electrons. The first kappa shape index (κ1) is 26.3. The molecule has 0 aliphatic carbocycles. The quantitative estimate of drug-likeness (QED) is 0.268. The van der Waals surface area contributed by atoms with Gasteiger partial charge in [0.25, 0.3) is 0 Å². The number of piperazine rings is 1. The van der Waals surface area contributed by atoms with Crippen LogP contribution in [0.5, 0.6) is 0 Å². The van der Waals surface area contributed by atoms with Gasteiger partial charge in [-0.05, 0) is 41.3 Å². The number of aromatic nitrogens is 2. The van der Waals surface area contributed by atoms with Crippen LogP contribution in [0.4, 0.5) is 10.2 Å². The van der Waals surface area contributed by atoms with Crippen molar-refractivity contribution < 1.29 is 9.18 Å². The second-order valence-electron chi connectivity index (χ2n) is 9.72. The molecule has 1 fully saturated rings. The van der Waals surface area contributed by atoms with Gasteiger partial charge in [-0.25, -0.2) is 14.4 Å². The highest BCUT2D eigenvalue weighted by atomic mass is 35.5. The van der Waals surface area contributed by atoms with Crippen LogP contribution in [0.25, 0.3) is 33.3 Å². The maximum absolute atomic E-state index is 14.9. The van der Waals surface area contributed by atoms with Gasteiger partial charge < -0.3 is 9.80 Å². The van der Waals surface area contributed by atoms with Crippen molar-refractivity contribution >= 4 is 34.2 Å². The molecule has 2 aromatic carbocycles. The Morgan fingerprint density at radius 1 is 1.08 bits per heavy atom. The average Bonchev–Trinajstić information content (AvgIpc) is 2.96. The second-order valence-corrected chi connectivity index (χ2v) is 10.1. The number of pyridine rings is 2. The number of hydrogen-bond donors (Lipinski definition) is 0. The predicted octanol–water partition coefficient (Wildman–Crippen LogP) is 6.59. The summed E-state index contributed by atoms with van der Waals surface area (Å²) in [5, 5.41) is 11.3. The number of fused-ring (bicyclic) bond motifs is 1. The number of carbonyl (C=O) groups excluding carboxylic acids is 1. The number of nitriles is 1. The molecule has 0 spiro atoms. The molecule has 1 amide bonds. The van der Waals surface area contributed by atoms with Crippen molar-refractivity contribution in [2.75, 3.05) is 31.1 Å². The second kappa shape index (κ2) is 10.8. The van der Waals surface area contributed by atoms with E-state index in [2.05, 4.69) is 26.5 Å². The fourth-order valence-corrected chi connectivity index (χ4v) is 5.35. The summed E-state index contributed by atoms with van der Waals surface area (Å²) in [5.74, 6) is 0.182. The normalized spacial score (nSPS) is 13.5. The Labute approximate surface area is 232 Å². The van der Waals surface area contributed by atoms with Crippen LogP contribution in [0.1, 0.15) is 31.0 Å². The number of anilines is 1. The Kier molecular flexibility index (Phi) is 7.32. The zero-order valence-electron chi connectivity index (χ0n) is 21.8. The largest absolute Gasteiger partial charge is 0.352 e. The topological polar surface area (TPSA) is 73.1 Å². The van der Waals surface area contributed by atoms with Gasteiger partial charge in [0.1, 0.15) is 17.7 Å². The molecule has 3 heterocycles. The van der Waals surface area contributed by atoms with E-state index >= 15 is 0 Å². The molecule has 6 nitrogen and oxygen atoms in total. The van der Waals surface area contributed by atoms with E-state index < -0.39 is 5.82 Å². The fourth-order valence-electron chi connectivity index (χ4n) is 5.10. The van der Waals surface area contributed by atoms with Gasteiger partial charge in [-0.2, -0.15) is 5.26 Å². The third-order valence-electron chi connectivity index (χ3n) is 7.06. The summed E-state index contributed by atoms with van der Waals surface area (Å²) in [6, 6.07) is 18.3. The molecular formula is C31H27ClFN5O. The van der Waals surface area contributed by atoms with Crippen LogP contribution in [0.15, 0.2) is 67.3 Å². The first-order chi connectivity index (χ1) is 18.8. The van der Waals surface area contributed by atoms with Crippen LogP contribution < -0.4 is 4.90 Å². The third kappa shape index (κ3) is 4.84. The summed E-state index contributed by atoms with van der Waals surface area (Å²) in [6.45, 7) is 9.77. The number of rotatable bonds is 5. The Hall–Kier alpha value is -4.28. The van der Waals surface area contributed by atoms with E-state index in [4.69, 9.17) is 21.6 Å². The molecule has 0 N–H and O–H groups in total. The lowest BCUT2D eigenvalue weighted by molar-refractivity contribution is -0.126. The molecular weight excluding hydrogens is 513 g/mol. The van der Waals surface area contributed by atoms with Gasteiger partial charge >= 0.3 is 0 Å². The minimum Gasteiger partial charge on any atom is -0.352 e. The first-order valence-corrected chi connectivity index (χ1v) is 13.2. The van der Waals surface area contributed by atoms with Crippen LogP contribution >= 0.6 is 11.6 Å². The van der Waals surface area contributed by atoms with Crippen molar-refractivity contribution in [3.63, 3.8) is 0 Å². The van der Waals surface area contributed by atoms with Crippen molar-refractivity contribution in [3.8, 4) is 28.5 Å². The Balaban J connectivity index is 1.79. The summed E-state index contributed by atoms with van der Waals surface area (Å²) in [6.07, 6.45) is 1.31. The zero-order chi connectivity index (χ0) is 27.7. The van der Waals surface area contributed by atoms with E-state index in [0.29, 0.717) is 54.2 Å². The zero-order valence-corrected chi connectivity index (χ0v) is 22.5. The molecule has 2 aromatic heterocycles. The highest BCUT2D eigenvalue weighted by Crippen LogP contribution is 2.41. The molecule has 4 aromatic rings. The van der Waals surface area contributed by atoms with E-state index in [-0.39, 0.29) is 28.1 Å². The van der Waals surface area contributed by atoms with Crippen LogP contribution in [0, 0.1) is 17.1 Å². The highest BCUT2D eigenvalue weighted by molar-refractivity contribution is 6.34. The van der Waals surface area contributed by atoms with E-state index in [9.17, 15) is 14.4 Å². The molecule has 1 aliphatic rings. The summed E-state index contributed by atoms with van der Waals surface area (Å²) in [7, 11) is 0. The van der Waals surface area contributed by atoms with Gasteiger partial charge in [-0.15, -0.1) is 0 Å². The molecule has 0 bridgehead atoms. The molecule has 0 atom stereocenters. The van der Waals surface area contributed by atoms with Gasteiger partial charge in [0.15, 0.2) is 5.69 Å². The number of carbonyl (C=O) groups is 1. The Morgan fingerprint density at radius 2 is 1.74 bits per heavy atom. The van der Waals surface area contributed by atoms with E-state index in [1.54, 1.807) is 29.2 Å². The van der Waals surface area contributed by atoms with Gasteiger partial charge in [0, 0.05) is 42.7 Å². The number of nitrogens with zero attached hydrogens (tertiary/aromatic N) is 5. The summed E-state index contributed by atoms with van der Waals surface area (Å²) in [4.78, 5) is 25.7. The lowest BCUT2D eigenvalue weighted by Gasteiger charge is -2.35. The first-order valence-electron chi connectivity index (χ1n) is 12.8. The maximum atomic E-state index is 14.9. The average molecular weight is 540 g/mol. The molecule has 1 saturated heterocycles. The smallest absolute Gasteiger partial charge is 0.246 e. The third-order valence-corrected chi connectivity index (χ3v) is 7.35. The number of benzene rings is 2. The molecule has 1 aliphatic heterocycles. The van der Waals surface area contributed by atoms with E-state index in [1.807, 2.05) is 29.2 Å². The monoisotopic (exact) mass is 539 g/mol. The molecule has 5 rings (SSSR count). The van der Waals surface area contributed by atoms with Crippen LogP contribution in [0.3, 0.4) is 0 Å². The maximum Gasteiger partial charge on any atom is 0.246 e. The molecule has 0 saturated carbocycles. The molecule has 8 heteroatoms. The van der Waals surface area contributed by atoms with Gasteiger partial charge in [0.05, 0.1) is 16.2 Å². The summed E-state index contributed by atoms with van der Waals surface area (Å²) < 4.78 is 14.9. The standard InChI is InChI=1S/C31H27ClFN5O/c1-4-27(39)37-13-15-38(16-14-37)31-23-17-24(32)29(22-11-7-8-12-25(22)33)36-30(23)28(26(18-34)35-31)21-10-6-5-9-20(21)19(2)3/h4-12,17,19H,1,13-16H2,2-3H3. The minimum atomic E-state index is -0.437. The van der Waals surface area contributed by atoms with Crippen molar-refractivity contribution in [3.05, 3.63) is 89.3 Å². The lowest BCUT2D eigenvalue weighted by Crippen LogP contribution is -2.48. The highest BCUT2D eigenvalue weighted by Gasteiger charge is 2.27. The van der Waals surface area contributed by atoms with Crippen molar-refractivity contribution in [1.29, 1.82) is 5.26 Å². The van der Waals surface area contributed by atoms with Crippen molar-refractivity contribution in [2.24, 2.45) is 0 Å². The van der Waals surface area contributed by atoms with Gasteiger partial charge in [0.2, 0.25) is 5.91 Å². The minimum absolute atomic E-state index is 0.120. The van der Waals surface area contributed by atoms with Crippen LogP contribution in [-0.4, -0.2) is 47.0 Å². The van der Waals surface area contributed by atoms with E-state index in [0.717, 1.165) is 11.1 Å². The summed E-state index contributed by atoms with van der Waals surface area (Å²) in [5.41, 5.74) is 3.82. The number of amides is 1. The summed E-state index contributed by atoms with van der Waals surface area (Å²) >= 11 is 6.75. The number of halogens is 2. The Bertz CT molecular complexity index is 1640. The molecule has 39 heavy (non-hydrogen) atoms. The van der Waals surface area contributed by atoms with Crippen LogP contribution in [0.2, 0.25) is 5.02 Å². The fraction of sp³-hybridized carbons (Fsp3) is 0.226. The lowest BCUT2D eigenvalue weighted by atomic mass is 9.90. The molecule has 0 radical (unpaired) electrons. The van der Waals surface area contributed by atoms with Crippen molar-refractivity contribution in [2.45, 2.75) is 19.8 Å². The predicted molar refractivity (Wildman–Crippen MR) is 153 cm³/mol. The Morgan fingerprint density at radius 3 is 2.38 bits per heavy atom. The van der Waals surface area contributed by atoms with Gasteiger partial charge in [-0.1, -0.05) is 68.4 Å². The van der Waals surface area contributed by atoms with Crippen LogP contribution in [-0.2, 0) is 4.79 Å². The SMILES string of the molecule is C=CC(=O)N1CCN(c2nc(C#N)c(-c3ccccc3C(C)C)c3nc(-c4ccccc4F)c(Cl)cc23)CC1. The molecule has 0 unspecified atom stereocenters. The van der Waals surface area contributed by atoms with Gasteiger partial charge in [-0.3, -0.25) is 4.79 Å². The number of hydrogen-bond acceptors (Lipinski definition) is 5. The van der Waals surface area contributed by atoms with E-state index in [1.165, 1.54) is 12.1 Å².